The number of likely N-dealkylation sites (tertiary alicyclic amines) is 1. The smallest absolute Gasteiger partial charge is 0.243 e. The average molecular weight is 448 g/mol. The molecule has 0 bridgehead atoms. The molecular weight excluding hydrogens is 410 g/mol. The average Bonchev–Trinajstić information content (AvgIpc) is 3.17. The van der Waals surface area contributed by atoms with Gasteiger partial charge in [-0.25, -0.2) is 0 Å². The number of nitrogens with one attached hydrogen (secondary N) is 2. The number of hydrogen-bond acceptors (Lipinski definition) is 5. The molecule has 1 unspecified atom stereocenters. The molecule has 2 saturated carbocycles. The van der Waals surface area contributed by atoms with Gasteiger partial charge in [-0.3, -0.25) is 19.2 Å². The molecule has 0 aromatic heterocycles. The molecule has 2 aliphatic carbocycles. The first-order valence-corrected chi connectivity index (χ1v) is 11.8. The number of carbonyl (C=O) groups excluding carboxylic acids is 4. The highest BCUT2D eigenvalue weighted by Gasteiger charge is 2.54. The van der Waals surface area contributed by atoms with Crippen molar-refractivity contribution in [2.45, 2.75) is 95.8 Å². The molecule has 9 heteroatoms. The Morgan fingerprint density at radius 3 is 2.31 bits per heavy atom. The lowest BCUT2D eigenvalue weighted by molar-refractivity contribution is -0.142. The number of primary amides is 1. The van der Waals surface area contributed by atoms with Gasteiger partial charge in [-0.15, -0.1) is 0 Å². The fourth-order valence-corrected chi connectivity index (χ4v) is 5.56. The first kappa shape index (κ1) is 23.0. The molecule has 32 heavy (non-hydrogen) atoms. The van der Waals surface area contributed by atoms with E-state index >= 15 is 0 Å². The van der Waals surface area contributed by atoms with Gasteiger partial charge in [0, 0.05) is 18.0 Å². The predicted octanol–water partition coefficient (Wildman–Crippen LogP) is 0.160. The van der Waals surface area contributed by atoms with Gasteiger partial charge in [0.15, 0.2) is 0 Å². The lowest BCUT2D eigenvalue weighted by atomic mass is 9.67. The maximum Gasteiger partial charge on any atom is 0.243 e. The number of rotatable bonds is 6. The fourth-order valence-electron chi connectivity index (χ4n) is 5.56. The van der Waals surface area contributed by atoms with Crippen molar-refractivity contribution in [3.8, 4) is 0 Å². The van der Waals surface area contributed by atoms with Crippen molar-refractivity contribution in [2.75, 3.05) is 6.54 Å². The number of carbonyl (C=O) groups is 4. The summed E-state index contributed by atoms with van der Waals surface area (Å²) in [6, 6.07) is -2.35. The molecule has 4 rings (SSSR count). The molecule has 6 N–H and O–H groups in total. The highest BCUT2D eigenvalue weighted by atomic mass is 16.2. The van der Waals surface area contributed by atoms with Crippen LogP contribution >= 0.6 is 0 Å². The zero-order chi connectivity index (χ0) is 23.5. The second kappa shape index (κ2) is 7.71. The molecule has 178 valence electrons. The van der Waals surface area contributed by atoms with Crippen LogP contribution in [0.4, 0.5) is 0 Å². The van der Waals surface area contributed by atoms with Gasteiger partial charge in [-0.1, -0.05) is 27.2 Å². The summed E-state index contributed by atoms with van der Waals surface area (Å²) in [5, 5.41) is 5.78. The third kappa shape index (κ3) is 4.23. The third-order valence-electron chi connectivity index (χ3n) is 8.14. The van der Waals surface area contributed by atoms with E-state index < -0.39 is 29.4 Å². The summed E-state index contributed by atoms with van der Waals surface area (Å²) in [4.78, 5) is 52.6. The van der Waals surface area contributed by atoms with Crippen LogP contribution in [0.3, 0.4) is 0 Å². The lowest BCUT2D eigenvalue weighted by Crippen LogP contribution is -2.57. The quantitative estimate of drug-likeness (QED) is 0.458. The summed E-state index contributed by atoms with van der Waals surface area (Å²) < 4.78 is 0. The van der Waals surface area contributed by atoms with E-state index in [4.69, 9.17) is 11.5 Å². The van der Waals surface area contributed by atoms with E-state index in [-0.39, 0.29) is 41.0 Å². The molecular formula is C23H37N5O4. The van der Waals surface area contributed by atoms with Gasteiger partial charge >= 0.3 is 0 Å². The Bertz CT molecular complexity index is 827. The van der Waals surface area contributed by atoms with E-state index in [1.165, 1.54) is 0 Å². The normalized spacial score (nSPS) is 29.4. The molecule has 2 aliphatic heterocycles. The van der Waals surface area contributed by atoms with Crippen molar-refractivity contribution in [1.29, 1.82) is 0 Å². The second-order valence-corrected chi connectivity index (χ2v) is 11.8. The van der Waals surface area contributed by atoms with Crippen molar-refractivity contribution in [2.24, 2.45) is 28.2 Å². The molecule has 4 atom stereocenters. The molecule has 0 aromatic rings. The van der Waals surface area contributed by atoms with Crippen LogP contribution in [0.5, 0.6) is 0 Å². The van der Waals surface area contributed by atoms with Crippen LogP contribution in [0.25, 0.3) is 0 Å². The van der Waals surface area contributed by atoms with Gasteiger partial charge in [-0.2, -0.15) is 0 Å². The minimum Gasteiger partial charge on any atom is -0.368 e. The highest BCUT2D eigenvalue weighted by Crippen LogP contribution is 2.51. The van der Waals surface area contributed by atoms with Crippen LogP contribution in [0, 0.1) is 16.7 Å². The number of nitrogens with zero attached hydrogens (tertiary/aromatic N) is 1. The van der Waals surface area contributed by atoms with E-state index in [9.17, 15) is 19.2 Å². The molecule has 2 saturated heterocycles. The Morgan fingerprint density at radius 1 is 1.19 bits per heavy atom. The van der Waals surface area contributed by atoms with Crippen LogP contribution in [0.15, 0.2) is 0 Å². The largest absolute Gasteiger partial charge is 0.368 e. The van der Waals surface area contributed by atoms with E-state index in [0.29, 0.717) is 19.4 Å². The summed E-state index contributed by atoms with van der Waals surface area (Å²) in [5.74, 6) is -1.70. The summed E-state index contributed by atoms with van der Waals surface area (Å²) in [6.07, 6.45) is 6.38. The molecule has 4 fully saturated rings. The molecule has 0 radical (unpaired) electrons. The minimum atomic E-state index is -0.946. The Kier molecular flexibility index (Phi) is 5.55. The Balaban J connectivity index is 1.46. The topological polar surface area (TPSA) is 148 Å². The van der Waals surface area contributed by atoms with Gasteiger partial charge < -0.3 is 27.0 Å². The zero-order valence-corrected chi connectivity index (χ0v) is 19.4. The molecule has 9 nitrogen and oxygen atoms in total. The van der Waals surface area contributed by atoms with Crippen LogP contribution in [0.1, 0.15) is 72.1 Å². The van der Waals surface area contributed by atoms with E-state index in [0.717, 1.165) is 32.1 Å². The molecule has 0 aromatic carbocycles. The van der Waals surface area contributed by atoms with Gasteiger partial charge in [0.25, 0.3) is 0 Å². The Hall–Kier alpha value is -2.16. The third-order valence-corrected chi connectivity index (χ3v) is 8.14. The lowest BCUT2D eigenvalue weighted by Gasteiger charge is -2.38. The van der Waals surface area contributed by atoms with Crippen molar-refractivity contribution in [1.82, 2.24) is 15.5 Å². The van der Waals surface area contributed by atoms with E-state index in [1.807, 2.05) is 20.8 Å². The van der Waals surface area contributed by atoms with Gasteiger partial charge in [0.1, 0.15) is 12.1 Å². The molecule has 4 amide bonds. The maximum atomic E-state index is 13.3. The van der Waals surface area contributed by atoms with Gasteiger partial charge in [0.2, 0.25) is 23.6 Å². The molecule has 4 aliphatic rings. The Morgan fingerprint density at radius 2 is 1.84 bits per heavy atom. The number of nitrogens with two attached hydrogens (primary N) is 2. The second-order valence-electron chi connectivity index (χ2n) is 11.8. The van der Waals surface area contributed by atoms with Gasteiger partial charge in [-0.05, 0) is 55.8 Å². The monoisotopic (exact) mass is 447 g/mol. The van der Waals surface area contributed by atoms with Crippen molar-refractivity contribution >= 4 is 23.6 Å². The fraction of sp³-hybridized carbons (Fsp3) is 0.826. The van der Waals surface area contributed by atoms with E-state index in [2.05, 4.69) is 10.6 Å². The van der Waals surface area contributed by atoms with E-state index in [1.54, 1.807) is 4.90 Å². The zero-order valence-electron chi connectivity index (χ0n) is 19.4. The summed E-state index contributed by atoms with van der Waals surface area (Å²) in [5.41, 5.74) is 11.3. The summed E-state index contributed by atoms with van der Waals surface area (Å²) >= 11 is 0. The number of hydrogen-bond donors (Lipinski definition) is 4. The highest BCUT2D eigenvalue weighted by molar-refractivity contribution is 5.94. The van der Waals surface area contributed by atoms with Crippen molar-refractivity contribution < 1.29 is 19.2 Å². The number of amides is 4. The SMILES string of the molecule is CC(C)(C)[C@H](N)C(=O)N1CC2(CCC2)CC1C(=O)N[C@@H](C[C@@H]1CC2(CC2)NC1=O)C(N)=O. The van der Waals surface area contributed by atoms with Crippen LogP contribution < -0.4 is 22.1 Å². The summed E-state index contributed by atoms with van der Waals surface area (Å²) in [7, 11) is 0. The van der Waals surface area contributed by atoms with Crippen LogP contribution in [0.2, 0.25) is 0 Å². The maximum absolute atomic E-state index is 13.3. The first-order valence-electron chi connectivity index (χ1n) is 11.8. The predicted molar refractivity (Wildman–Crippen MR) is 118 cm³/mol. The minimum absolute atomic E-state index is 0.0405. The van der Waals surface area contributed by atoms with Crippen LogP contribution in [-0.4, -0.2) is 58.7 Å². The summed E-state index contributed by atoms with van der Waals surface area (Å²) in [6.45, 7) is 6.23. The first-order chi connectivity index (χ1) is 14.8. The standard InChI is InChI=1S/C23H37N5O4/c1-21(2,3)16(24)20(32)28-12-22(5-4-6-22)11-15(28)19(31)26-14(17(25)29)9-13-10-23(7-8-23)27-18(13)30/h13-16H,4-12,24H2,1-3H3,(H2,25,29)(H,26,31)(H,27,30)/t13-,14+,15?,16-/m1/s1. The Labute approximate surface area is 189 Å². The molecule has 2 heterocycles. The van der Waals surface area contributed by atoms with Gasteiger partial charge in [0.05, 0.1) is 6.04 Å². The molecule has 2 spiro atoms. The van der Waals surface area contributed by atoms with Crippen LogP contribution in [-0.2, 0) is 19.2 Å². The van der Waals surface area contributed by atoms with Crippen molar-refractivity contribution in [3.05, 3.63) is 0 Å². The van der Waals surface area contributed by atoms with Crippen molar-refractivity contribution in [3.63, 3.8) is 0 Å².